The largest absolute Gasteiger partial charge is 0.310 e. The molecule has 2 aliphatic rings. The quantitative estimate of drug-likeness (QED) is 0.139. The lowest BCUT2D eigenvalue weighted by atomic mass is 9.67. The Hall–Kier alpha value is -8.00. The van der Waals surface area contributed by atoms with Crippen LogP contribution in [-0.4, -0.2) is 0 Å². The molecule has 0 heterocycles. The van der Waals surface area contributed by atoms with Crippen LogP contribution in [0, 0.1) is 0 Å². The van der Waals surface area contributed by atoms with Crippen LogP contribution in [0.25, 0.3) is 33.4 Å². The molecular weight excluding hydrogens is 891 g/mol. The Kier molecular flexibility index (Phi) is 11.4. The molecule has 2 unspecified atom stereocenters. The highest BCUT2D eigenvalue weighted by Crippen LogP contribution is 2.60. The molecule has 12 rings (SSSR count). The number of hydrogen-bond donors (Lipinski definition) is 0. The van der Waals surface area contributed by atoms with Crippen molar-refractivity contribution in [2.24, 2.45) is 0 Å². The van der Waals surface area contributed by atoms with Gasteiger partial charge in [-0.2, -0.15) is 0 Å². The van der Waals surface area contributed by atoms with Crippen molar-refractivity contribution in [1.29, 1.82) is 0 Å². The summed E-state index contributed by atoms with van der Waals surface area (Å²) >= 11 is 0. The molecule has 0 bridgehead atoms. The summed E-state index contributed by atoms with van der Waals surface area (Å²) in [6, 6.07) is 92.4. The Morgan fingerprint density at radius 2 is 0.649 bits per heavy atom. The molecule has 0 saturated heterocycles. The summed E-state index contributed by atoms with van der Waals surface area (Å²) in [5, 5.41) is 0. The average molecular weight is 956 g/mol. The zero-order valence-electron chi connectivity index (χ0n) is 44.1. The van der Waals surface area contributed by atoms with Gasteiger partial charge in [-0.15, -0.1) is 0 Å². The van der Waals surface area contributed by atoms with Crippen LogP contribution in [0.15, 0.2) is 243 Å². The van der Waals surface area contributed by atoms with Crippen LogP contribution < -0.4 is 4.90 Å². The van der Waals surface area contributed by atoms with Gasteiger partial charge in [0.05, 0.1) is 10.8 Å². The predicted octanol–water partition coefficient (Wildman–Crippen LogP) is 19.3. The van der Waals surface area contributed by atoms with Crippen LogP contribution in [0.5, 0.6) is 0 Å². The van der Waals surface area contributed by atoms with Crippen LogP contribution in [0.2, 0.25) is 0 Å². The molecular formula is C73H65N. The maximum Gasteiger partial charge on any atom is 0.0714 e. The lowest BCUT2D eigenvalue weighted by Crippen LogP contribution is -2.29. The second-order valence-corrected chi connectivity index (χ2v) is 23.1. The normalized spacial score (nSPS) is 16.6. The van der Waals surface area contributed by atoms with Crippen molar-refractivity contribution in [3.05, 3.63) is 304 Å². The molecule has 1 heteroatoms. The van der Waals surface area contributed by atoms with Gasteiger partial charge in [-0.05, 0) is 148 Å². The van der Waals surface area contributed by atoms with Crippen LogP contribution in [0.3, 0.4) is 0 Å². The third-order valence-corrected chi connectivity index (χ3v) is 16.4. The topological polar surface area (TPSA) is 3.24 Å². The summed E-state index contributed by atoms with van der Waals surface area (Å²) in [6.07, 6.45) is 0. The van der Waals surface area contributed by atoms with E-state index in [1.807, 2.05) is 0 Å². The SMILES string of the molecule is CC(C)c1ccc(-c2ccc(N(c3ccc4c(c3)C(c3ccccc3)(c3ccc(C(C)(C)C)cc3)c3ccccc3-4)c3ccc4c(c3)C(c3ccccc3)(c3ccc(C(C)(C)C)cc3)c3ccccc3-4)cc2)cc1. The van der Waals surface area contributed by atoms with Gasteiger partial charge in [0.25, 0.3) is 0 Å². The Morgan fingerprint density at radius 3 is 1.04 bits per heavy atom. The van der Waals surface area contributed by atoms with Gasteiger partial charge in [0.2, 0.25) is 0 Å². The zero-order valence-corrected chi connectivity index (χ0v) is 44.1. The van der Waals surface area contributed by atoms with E-state index in [0.29, 0.717) is 5.92 Å². The first kappa shape index (κ1) is 47.0. The highest BCUT2D eigenvalue weighted by Gasteiger charge is 2.48. The fraction of sp³-hybridized carbons (Fsp3) is 0.178. The summed E-state index contributed by atoms with van der Waals surface area (Å²) in [4.78, 5) is 2.51. The molecule has 2 atom stereocenters. The molecule has 0 fully saturated rings. The Bertz CT molecular complexity index is 3460. The highest BCUT2D eigenvalue weighted by molar-refractivity contribution is 5.92. The molecule has 74 heavy (non-hydrogen) atoms. The number of nitrogens with zero attached hydrogens (tertiary/aromatic N) is 1. The van der Waals surface area contributed by atoms with Crippen molar-refractivity contribution in [1.82, 2.24) is 0 Å². The molecule has 0 saturated carbocycles. The van der Waals surface area contributed by atoms with Crippen molar-refractivity contribution in [2.75, 3.05) is 4.90 Å². The predicted molar refractivity (Wildman–Crippen MR) is 313 cm³/mol. The highest BCUT2D eigenvalue weighted by atomic mass is 15.1. The summed E-state index contributed by atoms with van der Waals surface area (Å²) in [7, 11) is 0. The van der Waals surface area contributed by atoms with Crippen LogP contribution in [-0.2, 0) is 21.7 Å². The molecule has 0 amide bonds. The standard InChI is InChI=1S/C73H65N/c1-49(2)50-27-29-51(30-28-50)52-31-41-59(42-32-52)74(60-43-45-64-62-23-15-17-25-66(62)72(68(64)47-60,55-19-11-9-12-20-55)57-37-33-53(34-38-57)70(3,4)5)61-44-46-65-63-24-16-18-26-67(63)73(69(65)48-61,56-21-13-10-14-22-56)58-39-35-54(36-40-58)71(6,7)8/h9-49H,1-8H3. The van der Waals surface area contributed by atoms with Gasteiger partial charge in [-0.1, -0.05) is 262 Å². The lowest BCUT2D eigenvalue weighted by molar-refractivity contribution is 0.589. The van der Waals surface area contributed by atoms with Crippen LogP contribution >= 0.6 is 0 Å². The fourth-order valence-electron chi connectivity index (χ4n) is 12.5. The van der Waals surface area contributed by atoms with E-state index in [0.717, 1.165) is 17.1 Å². The molecule has 10 aromatic rings. The molecule has 0 N–H and O–H groups in total. The third-order valence-electron chi connectivity index (χ3n) is 16.4. The number of rotatable bonds is 9. The number of benzene rings is 10. The molecule has 0 aromatic heterocycles. The number of fused-ring (bicyclic) bond motifs is 6. The van der Waals surface area contributed by atoms with Crippen molar-refractivity contribution in [3.63, 3.8) is 0 Å². The summed E-state index contributed by atoms with van der Waals surface area (Å²) < 4.78 is 0. The third kappa shape index (κ3) is 7.50. The van der Waals surface area contributed by atoms with Gasteiger partial charge in [0, 0.05) is 17.1 Å². The monoisotopic (exact) mass is 956 g/mol. The molecule has 0 radical (unpaired) electrons. The van der Waals surface area contributed by atoms with E-state index in [1.165, 1.54) is 94.6 Å². The number of hydrogen-bond acceptors (Lipinski definition) is 1. The number of anilines is 3. The van der Waals surface area contributed by atoms with Crippen molar-refractivity contribution in [2.45, 2.75) is 83.0 Å². The first-order chi connectivity index (χ1) is 35.8. The van der Waals surface area contributed by atoms with E-state index in [4.69, 9.17) is 0 Å². The van der Waals surface area contributed by atoms with Crippen LogP contribution in [0.4, 0.5) is 17.1 Å². The van der Waals surface area contributed by atoms with Crippen LogP contribution in [0.1, 0.15) is 123 Å². The smallest absolute Gasteiger partial charge is 0.0714 e. The molecule has 2 aliphatic carbocycles. The average Bonchev–Trinajstić information content (AvgIpc) is 3.91. The van der Waals surface area contributed by atoms with Gasteiger partial charge in [0.1, 0.15) is 0 Å². The summed E-state index contributed by atoms with van der Waals surface area (Å²) in [6.45, 7) is 18.3. The van der Waals surface area contributed by atoms with E-state index in [2.05, 4.69) is 303 Å². The molecule has 0 aliphatic heterocycles. The Labute approximate surface area is 439 Å². The zero-order chi connectivity index (χ0) is 51.0. The molecule has 362 valence electrons. The molecule has 1 nitrogen and oxygen atoms in total. The van der Waals surface area contributed by atoms with E-state index >= 15 is 0 Å². The van der Waals surface area contributed by atoms with E-state index in [9.17, 15) is 0 Å². The van der Waals surface area contributed by atoms with E-state index in [-0.39, 0.29) is 10.8 Å². The van der Waals surface area contributed by atoms with Crippen molar-refractivity contribution < 1.29 is 0 Å². The molecule has 10 aromatic carbocycles. The summed E-state index contributed by atoms with van der Waals surface area (Å²) in [5.41, 5.74) is 23.9. The van der Waals surface area contributed by atoms with E-state index < -0.39 is 10.8 Å². The fourth-order valence-corrected chi connectivity index (χ4v) is 12.5. The Balaban J connectivity index is 1.11. The second kappa shape index (κ2) is 17.9. The van der Waals surface area contributed by atoms with Gasteiger partial charge >= 0.3 is 0 Å². The van der Waals surface area contributed by atoms with Crippen molar-refractivity contribution in [3.8, 4) is 33.4 Å². The molecule has 0 spiro atoms. The second-order valence-electron chi connectivity index (χ2n) is 23.1. The van der Waals surface area contributed by atoms with Gasteiger partial charge < -0.3 is 4.90 Å². The van der Waals surface area contributed by atoms with Crippen molar-refractivity contribution >= 4 is 17.1 Å². The summed E-state index contributed by atoms with van der Waals surface area (Å²) in [5.74, 6) is 0.479. The Morgan fingerprint density at radius 1 is 0.311 bits per heavy atom. The van der Waals surface area contributed by atoms with E-state index in [1.54, 1.807) is 0 Å². The minimum atomic E-state index is -0.571. The van der Waals surface area contributed by atoms with Gasteiger partial charge in [-0.25, -0.2) is 0 Å². The maximum atomic E-state index is 2.51. The maximum absolute atomic E-state index is 2.51. The van der Waals surface area contributed by atoms with Gasteiger partial charge in [0.15, 0.2) is 0 Å². The minimum absolute atomic E-state index is 0.0237. The first-order valence-corrected chi connectivity index (χ1v) is 26.6. The lowest BCUT2D eigenvalue weighted by Gasteiger charge is -2.36. The first-order valence-electron chi connectivity index (χ1n) is 26.6. The van der Waals surface area contributed by atoms with Gasteiger partial charge in [-0.3, -0.25) is 0 Å². The minimum Gasteiger partial charge on any atom is -0.310 e.